The molecule has 0 unspecified atom stereocenters. The molecule has 9 aromatic rings. The number of hydrogen-bond donors (Lipinski definition) is 1. The van der Waals surface area contributed by atoms with E-state index in [2.05, 4.69) is 183 Å². The minimum Gasteiger partial charge on any atom is -0.469 e. The van der Waals surface area contributed by atoms with Gasteiger partial charge in [-0.05, 0) is 116 Å². The second-order valence-electron chi connectivity index (χ2n) is 20.8. The van der Waals surface area contributed by atoms with Crippen molar-refractivity contribution in [1.82, 2.24) is 4.57 Å². The van der Waals surface area contributed by atoms with Crippen LogP contribution in [0.15, 0.2) is 112 Å². The number of aromatic nitrogens is 1. The van der Waals surface area contributed by atoms with Crippen molar-refractivity contribution < 1.29 is 8.83 Å². The van der Waals surface area contributed by atoms with Gasteiger partial charge in [0.2, 0.25) is 7.28 Å². The normalized spacial score (nSPS) is 15.9. The number of hydrogen-bond acceptors (Lipinski definition) is 3. The number of rotatable bonds is 3. The van der Waals surface area contributed by atoms with Crippen molar-refractivity contribution in [2.24, 2.45) is 0 Å². The molecule has 0 amide bonds. The number of para-hydroxylation sites is 1. The summed E-state index contributed by atoms with van der Waals surface area (Å²) in [5.74, 6) is 0. The van der Waals surface area contributed by atoms with E-state index >= 15 is 0 Å². The minimum atomic E-state index is -0.0123. The lowest BCUT2D eigenvalue weighted by atomic mass is 9.60. The van der Waals surface area contributed by atoms with E-state index in [4.69, 9.17) is 8.83 Å². The highest BCUT2D eigenvalue weighted by Gasteiger charge is 2.39. The van der Waals surface area contributed by atoms with Gasteiger partial charge in [-0.2, -0.15) is 0 Å². The van der Waals surface area contributed by atoms with Crippen LogP contribution in [-0.2, 0) is 21.7 Å². The molecule has 1 aliphatic heterocycles. The zero-order valence-electron chi connectivity index (χ0n) is 36.1. The second kappa shape index (κ2) is 12.0. The average molecular weight is 772 g/mol. The predicted molar refractivity (Wildman–Crippen MR) is 251 cm³/mol. The smallest absolute Gasteiger partial charge is 0.247 e. The Morgan fingerprint density at radius 2 is 1.25 bits per heavy atom. The van der Waals surface area contributed by atoms with Gasteiger partial charge in [0, 0.05) is 55.5 Å². The summed E-state index contributed by atoms with van der Waals surface area (Å²) in [7, 11) is 2.32. The molecular formula is C54H52BN2O2. The van der Waals surface area contributed by atoms with Crippen LogP contribution in [0.3, 0.4) is 0 Å². The fraction of sp³-hybridized carbons (Fsp3) is 0.296. The number of nitrogens with one attached hydrogen (secondary N) is 1. The van der Waals surface area contributed by atoms with Crippen LogP contribution in [0, 0.1) is 0 Å². The van der Waals surface area contributed by atoms with Crippen LogP contribution in [0.1, 0.15) is 104 Å². The van der Waals surface area contributed by atoms with Crippen LogP contribution in [0.25, 0.3) is 71.5 Å². The zero-order valence-corrected chi connectivity index (χ0v) is 36.1. The number of benzene rings is 6. The van der Waals surface area contributed by atoms with Crippen molar-refractivity contribution in [3.05, 3.63) is 125 Å². The number of nitrogens with zero attached hydrogens (tertiary/aromatic N) is 1. The van der Waals surface area contributed by atoms with Gasteiger partial charge in [0.25, 0.3) is 0 Å². The van der Waals surface area contributed by atoms with E-state index in [1.165, 1.54) is 55.1 Å². The number of fused-ring (bicyclic) bond motifs is 11. The summed E-state index contributed by atoms with van der Waals surface area (Å²) in [6.07, 6.45) is 2.30. The van der Waals surface area contributed by atoms with Crippen LogP contribution in [0.2, 0.25) is 0 Å². The van der Waals surface area contributed by atoms with Crippen LogP contribution in [-0.4, -0.2) is 11.8 Å². The molecule has 0 saturated heterocycles. The summed E-state index contributed by atoms with van der Waals surface area (Å²) in [4.78, 5) is 0. The van der Waals surface area contributed by atoms with Crippen LogP contribution >= 0.6 is 0 Å². The Morgan fingerprint density at radius 3 is 1.98 bits per heavy atom. The van der Waals surface area contributed by atoms with Gasteiger partial charge in [0.1, 0.15) is 16.7 Å². The molecule has 6 aromatic carbocycles. The number of anilines is 2. The molecule has 0 spiro atoms. The Balaban J connectivity index is 1.22. The van der Waals surface area contributed by atoms with Gasteiger partial charge in [-0.15, -0.1) is 0 Å². The van der Waals surface area contributed by atoms with E-state index in [9.17, 15) is 0 Å². The molecular weight excluding hydrogens is 719 g/mol. The first kappa shape index (κ1) is 36.4. The van der Waals surface area contributed by atoms with Gasteiger partial charge in [-0.25, -0.2) is 0 Å². The molecule has 3 aromatic heterocycles. The molecule has 4 nitrogen and oxygen atoms in total. The molecule has 11 rings (SSSR count). The van der Waals surface area contributed by atoms with Crippen LogP contribution in [0.5, 0.6) is 0 Å². The molecule has 5 heteroatoms. The molecule has 0 fully saturated rings. The molecule has 4 heterocycles. The van der Waals surface area contributed by atoms with Crippen molar-refractivity contribution >= 4 is 84.5 Å². The third-order valence-corrected chi connectivity index (χ3v) is 13.8. The van der Waals surface area contributed by atoms with Gasteiger partial charge >= 0.3 is 0 Å². The summed E-state index contributed by atoms with van der Waals surface area (Å²) in [6.45, 7) is 23.3. The zero-order chi connectivity index (χ0) is 41.0. The van der Waals surface area contributed by atoms with E-state index in [1.807, 2.05) is 6.07 Å². The highest BCUT2D eigenvalue weighted by atomic mass is 16.3. The van der Waals surface area contributed by atoms with Gasteiger partial charge in [0.05, 0.1) is 16.9 Å². The van der Waals surface area contributed by atoms with Crippen LogP contribution in [0.4, 0.5) is 11.4 Å². The van der Waals surface area contributed by atoms with Gasteiger partial charge in [-0.3, -0.25) is 0 Å². The molecule has 1 radical (unpaired) electrons. The molecule has 1 N–H and O–H groups in total. The van der Waals surface area contributed by atoms with E-state index in [-0.39, 0.29) is 21.7 Å². The monoisotopic (exact) mass is 771 g/mol. The lowest BCUT2D eigenvalue weighted by molar-refractivity contribution is 0.332. The first-order valence-electron chi connectivity index (χ1n) is 21.4. The van der Waals surface area contributed by atoms with Crippen molar-refractivity contribution in [1.29, 1.82) is 0 Å². The molecule has 59 heavy (non-hydrogen) atoms. The molecule has 2 aliphatic rings. The third-order valence-electron chi connectivity index (χ3n) is 13.8. The molecule has 1 aliphatic carbocycles. The highest BCUT2D eigenvalue weighted by molar-refractivity contribution is 6.73. The van der Waals surface area contributed by atoms with E-state index in [0.717, 1.165) is 74.0 Å². The maximum absolute atomic E-state index is 6.89. The lowest BCUT2D eigenvalue weighted by Gasteiger charge is -2.42. The Morgan fingerprint density at radius 1 is 0.576 bits per heavy atom. The van der Waals surface area contributed by atoms with Crippen molar-refractivity contribution in [2.75, 3.05) is 5.32 Å². The van der Waals surface area contributed by atoms with E-state index in [0.29, 0.717) is 0 Å². The van der Waals surface area contributed by atoms with Gasteiger partial charge in [0.15, 0.2) is 0 Å². The van der Waals surface area contributed by atoms with Crippen molar-refractivity contribution in [2.45, 2.75) is 104 Å². The highest BCUT2D eigenvalue weighted by Crippen LogP contribution is 2.50. The van der Waals surface area contributed by atoms with Crippen LogP contribution < -0.4 is 16.4 Å². The fourth-order valence-electron chi connectivity index (χ4n) is 10.1. The molecule has 0 atom stereocenters. The van der Waals surface area contributed by atoms with E-state index in [1.54, 1.807) is 0 Å². The maximum atomic E-state index is 6.89. The Kier molecular flexibility index (Phi) is 7.38. The summed E-state index contributed by atoms with van der Waals surface area (Å²) < 4.78 is 15.9. The van der Waals surface area contributed by atoms with Crippen molar-refractivity contribution in [3.8, 4) is 16.8 Å². The Bertz CT molecular complexity index is 3230. The SMILES string of the molecule is CC(C)(C)c1ccc(Nc2cc3c(cc2-c2ccc4c5cc6c(cc5n5c4c2[B]c2oc4ccc(C(C)(C)C)cc4c2-5)oc2ccccc26)C(C)(C)CCC3(C)C)cc1. The Hall–Kier alpha value is -5.68. The second-order valence-corrected chi connectivity index (χ2v) is 20.8. The van der Waals surface area contributed by atoms with Crippen molar-refractivity contribution in [3.63, 3.8) is 0 Å². The first-order chi connectivity index (χ1) is 28.0. The van der Waals surface area contributed by atoms with E-state index < -0.39 is 0 Å². The quantitative estimate of drug-likeness (QED) is 0.182. The third kappa shape index (κ3) is 5.42. The molecule has 0 saturated carbocycles. The summed E-state index contributed by atoms with van der Waals surface area (Å²) >= 11 is 0. The van der Waals surface area contributed by atoms with Gasteiger partial charge < -0.3 is 18.7 Å². The maximum Gasteiger partial charge on any atom is 0.247 e. The Labute approximate surface area is 347 Å². The molecule has 0 bridgehead atoms. The summed E-state index contributed by atoms with van der Waals surface area (Å²) in [5.41, 5.74) is 18.4. The fourth-order valence-corrected chi connectivity index (χ4v) is 10.1. The standard InChI is InChI=1S/C54H52BN2O2/c1-51(2,3)30-15-18-32(19-16-30)56-42-28-41-40(53(7,8)23-24-54(41,9)10)27-36(42)34-20-21-35-37-26-38-33-13-11-12-14-44(33)58-46(38)29-43(37)57-48(35)47(34)55-50-49(57)39-25-31(52(4,5)6)17-22-45(39)59-50/h11-22,25-29,56H,23-24H2,1-10H3. The largest absolute Gasteiger partial charge is 0.469 e. The summed E-state index contributed by atoms with van der Waals surface area (Å²) in [5, 5.41) is 9.80. The average Bonchev–Trinajstić information content (AvgIpc) is 3.84. The molecule has 293 valence electrons. The predicted octanol–water partition coefficient (Wildman–Crippen LogP) is 13.8. The number of furan rings is 2. The summed E-state index contributed by atoms with van der Waals surface area (Å²) in [6, 6.07) is 38.4. The van der Waals surface area contributed by atoms with Gasteiger partial charge in [-0.1, -0.05) is 118 Å². The topological polar surface area (TPSA) is 43.2 Å². The lowest BCUT2D eigenvalue weighted by Crippen LogP contribution is -2.36. The first-order valence-corrected chi connectivity index (χ1v) is 21.4. The minimum absolute atomic E-state index is 0.0123.